The topological polar surface area (TPSA) is 66.0 Å². The number of aromatic amines is 1. The number of rotatable bonds is 2. The Morgan fingerprint density at radius 2 is 2.00 bits per heavy atom. The van der Waals surface area contributed by atoms with E-state index < -0.39 is 0 Å². The lowest BCUT2D eigenvalue weighted by Gasteiger charge is -2.25. The molecular weight excluding hydrogens is 216 g/mol. The highest BCUT2D eigenvalue weighted by Crippen LogP contribution is 2.34. The molecule has 1 aromatic heterocycles. The molecule has 2 N–H and O–H groups in total. The molecule has 1 saturated carbocycles. The first-order chi connectivity index (χ1) is 8.11. The van der Waals surface area contributed by atoms with Crippen LogP contribution in [0.15, 0.2) is 4.79 Å². The highest BCUT2D eigenvalue weighted by molar-refractivity contribution is 5.23. The van der Waals surface area contributed by atoms with Crippen molar-refractivity contribution in [2.24, 2.45) is 5.92 Å². The van der Waals surface area contributed by atoms with Gasteiger partial charge in [0.05, 0.1) is 5.56 Å². The molecule has 1 aliphatic rings. The fraction of sp³-hybridized carbons (Fsp3) is 0.692. The summed E-state index contributed by atoms with van der Waals surface area (Å²) >= 11 is 0. The molecule has 0 spiro atoms. The molecule has 0 atom stereocenters. The van der Waals surface area contributed by atoms with Crippen LogP contribution in [0.2, 0.25) is 0 Å². The first-order valence-corrected chi connectivity index (χ1v) is 6.43. The average Bonchev–Trinajstić information content (AvgIpc) is 2.29. The molecule has 4 nitrogen and oxygen atoms in total. The minimum atomic E-state index is -0.186. The van der Waals surface area contributed by atoms with Crippen LogP contribution in [-0.2, 0) is 6.42 Å². The minimum Gasteiger partial charge on any atom is -0.493 e. The van der Waals surface area contributed by atoms with E-state index in [2.05, 4.69) is 16.9 Å². The van der Waals surface area contributed by atoms with Gasteiger partial charge in [-0.05, 0) is 25.2 Å². The summed E-state index contributed by atoms with van der Waals surface area (Å²) < 4.78 is 0. The van der Waals surface area contributed by atoms with Crippen molar-refractivity contribution in [1.29, 1.82) is 0 Å². The molecule has 0 bridgehead atoms. The van der Waals surface area contributed by atoms with Crippen molar-refractivity contribution in [3.8, 4) is 5.88 Å². The zero-order valence-electron chi connectivity index (χ0n) is 10.5. The Hall–Kier alpha value is -1.32. The lowest BCUT2D eigenvalue weighted by Crippen LogP contribution is -2.20. The second kappa shape index (κ2) is 4.90. The molecule has 0 aliphatic heterocycles. The molecule has 0 aromatic carbocycles. The van der Waals surface area contributed by atoms with E-state index in [9.17, 15) is 9.90 Å². The normalized spacial score (nSPS) is 24.8. The molecule has 2 rings (SSSR count). The van der Waals surface area contributed by atoms with Crippen molar-refractivity contribution in [2.45, 2.75) is 51.9 Å². The molecule has 0 unspecified atom stereocenters. The number of aromatic hydroxyl groups is 1. The van der Waals surface area contributed by atoms with Crippen LogP contribution in [0.4, 0.5) is 0 Å². The van der Waals surface area contributed by atoms with E-state index in [-0.39, 0.29) is 11.4 Å². The summed E-state index contributed by atoms with van der Waals surface area (Å²) in [6.45, 7) is 4.10. The Morgan fingerprint density at radius 3 is 2.53 bits per heavy atom. The van der Waals surface area contributed by atoms with Crippen LogP contribution in [0.1, 0.15) is 56.8 Å². The Kier molecular flexibility index (Phi) is 3.50. The highest BCUT2D eigenvalue weighted by atomic mass is 16.3. The van der Waals surface area contributed by atoms with E-state index in [4.69, 9.17) is 0 Å². The predicted molar refractivity (Wildman–Crippen MR) is 66.3 cm³/mol. The summed E-state index contributed by atoms with van der Waals surface area (Å²) in [5.41, 5.74) is 0.201. The fourth-order valence-corrected chi connectivity index (χ4v) is 2.55. The van der Waals surface area contributed by atoms with Crippen LogP contribution in [0.3, 0.4) is 0 Å². The first-order valence-electron chi connectivity index (χ1n) is 6.43. The summed E-state index contributed by atoms with van der Waals surface area (Å²) in [5.74, 6) is 1.64. The van der Waals surface area contributed by atoms with Crippen LogP contribution >= 0.6 is 0 Å². The Bertz CT molecular complexity index is 445. The lowest BCUT2D eigenvalue weighted by molar-refractivity contribution is 0.335. The van der Waals surface area contributed by atoms with Crippen LogP contribution < -0.4 is 5.56 Å². The zero-order valence-corrected chi connectivity index (χ0v) is 10.5. The summed E-state index contributed by atoms with van der Waals surface area (Å²) in [7, 11) is 0. The Morgan fingerprint density at radius 1 is 1.35 bits per heavy atom. The molecular formula is C13H20N2O2. The third-order valence-corrected chi connectivity index (χ3v) is 3.77. The molecule has 1 aliphatic carbocycles. The number of aromatic nitrogens is 2. The third-order valence-electron chi connectivity index (χ3n) is 3.77. The van der Waals surface area contributed by atoms with Gasteiger partial charge in [0.2, 0.25) is 5.88 Å². The van der Waals surface area contributed by atoms with Gasteiger partial charge in [0.25, 0.3) is 5.56 Å². The van der Waals surface area contributed by atoms with Crippen LogP contribution in [-0.4, -0.2) is 15.1 Å². The molecule has 0 saturated heterocycles. The SMILES string of the molecule is CCc1c(O)nc(C2CCC(C)CC2)[nH]c1=O. The number of nitrogens with zero attached hydrogens (tertiary/aromatic N) is 1. The average molecular weight is 236 g/mol. The summed E-state index contributed by atoms with van der Waals surface area (Å²) in [5, 5.41) is 9.72. The first kappa shape index (κ1) is 12.1. The number of H-pyrrole nitrogens is 1. The monoisotopic (exact) mass is 236 g/mol. The largest absolute Gasteiger partial charge is 0.493 e. The van der Waals surface area contributed by atoms with Gasteiger partial charge >= 0.3 is 0 Å². The van der Waals surface area contributed by atoms with Crippen molar-refractivity contribution < 1.29 is 5.11 Å². The van der Waals surface area contributed by atoms with Gasteiger partial charge in [-0.2, -0.15) is 4.98 Å². The van der Waals surface area contributed by atoms with Gasteiger partial charge in [-0.3, -0.25) is 4.79 Å². The maximum Gasteiger partial charge on any atom is 0.257 e. The van der Waals surface area contributed by atoms with Crippen molar-refractivity contribution in [3.05, 3.63) is 21.7 Å². The van der Waals surface area contributed by atoms with Crippen LogP contribution in [0, 0.1) is 5.92 Å². The van der Waals surface area contributed by atoms with Gasteiger partial charge < -0.3 is 10.1 Å². The molecule has 0 radical (unpaired) electrons. The van der Waals surface area contributed by atoms with E-state index in [0.717, 1.165) is 18.8 Å². The Labute approximate surface area is 101 Å². The van der Waals surface area contributed by atoms with E-state index >= 15 is 0 Å². The van der Waals surface area contributed by atoms with E-state index in [1.807, 2.05) is 6.92 Å². The van der Waals surface area contributed by atoms with Gasteiger partial charge in [-0.15, -0.1) is 0 Å². The maximum absolute atomic E-state index is 11.7. The molecule has 1 heterocycles. The maximum atomic E-state index is 11.7. The molecule has 1 aromatic rings. The summed E-state index contributed by atoms with van der Waals surface area (Å²) in [4.78, 5) is 18.7. The van der Waals surface area contributed by atoms with Crippen molar-refractivity contribution >= 4 is 0 Å². The predicted octanol–water partition coefficient (Wildman–Crippen LogP) is 2.33. The van der Waals surface area contributed by atoms with Gasteiger partial charge in [0, 0.05) is 5.92 Å². The Balaban J connectivity index is 2.25. The number of hydrogen-bond acceptors (Lipinski definition) is 3. The zero-order chi connectivity index (χ0) is 12.4. The highest BCUT2D eigenvalue weighted by Gasteiger charge is 2.22. The quantitative estimate of drug-likeness (QED) is 0.828. The van der Waals surface area contributed by atoms with Crippen molar-refractivity contribution in [1.82, 2.24) is 9.97 Å². The second-order valence-corrected chi connectivity index (χ2v) is 5.06. The van der Waals surface area contributed by atoms with Crippen LogP contribution in [0.25, 0.3) is 0 Å². The van der Waals surface area contributed by atoms with Crippen LogP contribution in [0.5, 0.6) is 5.88 Å². The molecule has 94 valence electrons. The van der Waals surface area contributed by atoms with Gasteiger partial charge in [-0.25, -0.2) is 0 Å². The number of nitrogens with one attached hydrogen (secondary N) is 1. The van der Waals surface area contributed by atoms with Crippen molar-refractivity contribution in [3.63, 3.8) is 0 Å². The van der Waals surface area contributed by atoms with E-state index in [1.165, 1.54) is 12.8 Å². The number of hydrogen-bond donors (Lipinski definition) is 2. The third kappa shape index (κ3) is 2.51. The smallest absolute Gasteiger partial charge is 0.257 e. The minimum absolute atomic E-state index is 0.0927. The standard InChI is InChI=1S/C13H20N2O2/c1-3-10-12(16)14-11(15-13(10)17)9-6-4-8(2)5-7-9/h8-9H,3-7H2,1-2H3,(H2,14,15,16,17). The second-order valence-electron chi connectivity index (χ2n) is 5.06. The fourth-order valence-electron chi connectivity index (χ4n) is 2.55. The van der Waals surface area contributed by atoms with Crippen molar-refractivity contribution in [2.75, 3.05) is 0 Å². The molecule has 0 amide bonds. The van der Waals surface area contributed by atoms with E-state index in [1.54, 1.807) is 0 Å². The summed E-state index contributed by atoms with van der Waals surface area (Å²) in [6.07, 6.45) is 4.95. The molecule has 4 heteroatoms. The van der Waals surface area contributed by atoms with E-state index in [0.29, 0.717) is 23.7 Å². The van der Waals surface area contributed by atoms with Gasteiger partial charge in [-0.1, -0.05) is 26.7 Å². The summed E-state index contributed by atoms with van der Waals surface area (Å²) in [6, 6.07) is 0. The van der Waals surface area contributed by atoms with Gasteiger partial charge in [0.1, 0.15) is 5.82 Å². The molecule has 1 fully saturated rings. The van der Waals surface area contributed by atoms with Gasteiger partial charge in [0.15, 0.2) is 0 Å². The molecule has 17 heavy (non-hydrogen) atoms. The lowest BCUT2D eigenvalue weighted by atomic mass is 9.82.